The number of H-pyrrole nitrogens is 1. The van der Waals surface area contributed by atoms with Gasteiger partial charge in [-0.1, -0.05) is 0 Å². The first-order chi connectivity index (χ1) is 5.22. The lowest BCUT2D eigenvalue weighted by atomic mass is 10.4. The van der Waals surface area contributed by atoms with Crippen LogP contribution < -0.4 is 11.1 Å². The van der Waals surface area contributed by atoms with E-state index in [-0.39, 0.29) is 0 Å². The van der Waals surface area contributed by atoms with Crippen LogP contribution in [0.4, 0.5) is 5.95 Å². The van der Waals surface area contributed by atoms with Crippen molar-refractivity contribution in [2.75, 3.05) is 5.32 Å². The van der Waals surface area contributed by atoms with E-state index in [1.807, 2.05) is 13.8 Å². The highest BCUT2D eigenvalue weighted by atomic mass is 15.3. The quantitative estimate of drug-likeness (QED) is 0.577. The fourth-order valence-corrected chi connectivity index (χ4v) is 0.709. The number of anilines is 1. The van der Waals surface area contributed by atoms with Gasteiger partial charge in [0.1, 0.15) is 5.82 Å². The average molecular weight is 155 g/mol. The van der Waals surface area contributed by atoms with Crippen molar-refractivity contribution >= 4 is 5.95 Å². The zero-order chi connectivity index (χ0) is 8.27. The number of aromatic nitrogens is 3. The molecule has 1 aromatic rings. The Hall–Kier alpha value is -1.10. The summed E-state index contributed by atoms with van der Waals surface area (Å²) in [7, 11) is 0. The van der Waals surface area contributed by atoms with Crippen LogP contribution in [-0.4, -0.2) is 21.2 Å². The molecule has 0 aliphatic carbocycles. The van der Waals surface area contributed by atoms with E-state index >= 15 is 0 Å². The van der Waals surface area contributed by atoms with E-state index in [0.717, 1.165) is 0 Å². The van der Waals surface area contributed by atoms with Crippen molar-refractivity contribution in [1.82, 2.24) is 15.2 Å². The first-order valence-corrected chi connectivity index (χ1v) is 3.60. The van der Waals surface area contributed by atoms with E-state index in [9.17, 15) is 0 Å². The van der Waals surface area contributed by atoms with Gasteiger partial charge < -0.3 is 11.1 Å². The maximum atomic E-state index is 5.33. The van der Waals surface area contributed by atoms with Crippen LogP contribution in [-0.2, 0) is 6.54 Å². The third-order valence-corrected chi connectivity index (χ3v) is 1.14. The molecule has 0 unspecified atom stereocenters. The summed E-state index contributed by atoms with van der Waals surface area (Å²) in [4.78, 5) is 4.07. The highest BCUT2D eigenvalue weighted by Crippen LogP contribution is 1.98. The van der Waals surface area contributed by atoms with Crippen LogP contribution in [0.25, 0.3) is 0 Å². The molecule has 1 heterocycles. The normalized spacial score (nSPS) is 10.5. The van der Waals surface area contributed by atoms with E-state index in [1.165, 1.54) is 0 Å². The Kier molecular flexibility index (Phi) is 2.43. The van der Waals surface area contributed by atoms with Crippen molar-refractivity contribution < 1.29 is 0 Å². The van der Waals surface area contributed by atoms with Crippen LogP contribution in [0.15, 0.2) is 0 Å². The van der Waals surface area contributed by atoms with E-state index in [1.54, 1.807) is 0 Å². The Morgan fingerprint density at radius 2 is 2.36 bits per heavy atom. The number of nitrogens with zero attached hydrogens (tertiary/aromatic N) is 2. The van der Waals surface area contributed by atoms with Crippen molar-refractivity contribution in [2.24, 2.45) is 5.73 Å². The van der Waals surface area contributed by atoms with E-state index in [0.29, 0.717) is 24.4 Å². The molecule has 62 valence electrons. The average Bonchev–Trinajstić information content (AvgIpc) is 2.34. The van der Waals surface area contributed by atoms with Crippen LogP contribution in [0.1, 0.15) is 19.7 Å². The second-order valence-corrected chi connectivity index (χ2v) is 2.61. The number of hydrogen-bond donors (Lipinski definition) is 3. The second kappa shape index (κ2) is 3.34. The first-order valence-electron chi connectivity index (χ1n) is 3.60. The number of aromatic amines is 1. The highest BCUT2D eigenvalue weighted by molar-refractivity contribution is 5.23. The van der Waals surface area contributed by atoms with Crippen molar-refractivity contribution in [3.05, 3.63) is 5.82 Å². The van der Waals surface area contributed by atoms with Crippen molar-refractivity contribution in [1.29, 1.82) is 0 Å². The zero-order valence-corrected chi connectivity index (χ0v) is 6.76. The number of nitrogens with two attached hydrogens (primary N) is 1. The number of hydrogen-bond acceptors (Lipinski definition) is 4. The summed E-state index contributed by atoms with van der Waals surface area (Å²) in [6.07, 6.45) is 0. The predicted molar refractivity (Wildman–Crippen MR) is 43.0 cm³/mol. The van der Waals surface area contributed by atoms with Gasteiger partial charge in [0.15, 0.2) is 0 Å². The van der Waals surface area contributed by atoms with Crippen molar-refractivity contribution in [3.8, 4) is 0 Å². The van der Waals surface area contributed by atoms with Gasteiger partial charge in [0, 0.05) is 6.04 Å². The van der Waals surface area contributed by atoms with Crippen LogP contribution in [0.2, 0.25) is 0 Å². The molecule has 0 radical (unpaired) electrons. The molecule has 0 fully saturated rings. The van der Waals surface area contributed by atoms with E-state index in [4.69, 9.17) is 5.73 Å². The topological polar surface area (TPSA) is 79.6 Å². The SMILES string of the molecule is CC(C)Nc1n[nH]c(CN)n1. The summed E-state index contributed by atoms with van der Waals surface area (Å²) >= 11 is 0. The summed E-state index contributed by atoms with van der Waals surface area (Å²) in [5.74, 6) is 1.31. The van der Waals surface area contributed by atoms with Crippen LogP contribution in [0.3, 0.4) is 0 Å². The summed E-state index contributed by atoms with van der Waals surface area (Å²) in [6.45, 7) is 4.45. The lowest BCUT2D eigenvalue weighted by Crippen LogP contribution is -2.10. The highest BCUT2D eigenvalue weighted by Gasteiger charge is 2.00. The lowest BCUT2D eigenvalue weighted by Gasteiger charge is -2.02. The zero-order valence-electron chi connectivity index (χ0n) is 6.76. The van der Waals surface area contributed by atoms with Gasteiger partial charge in [-0.3, -0.25) is 5.10 Å². The molecule has 0 bridgehead atoms. The minimum atomic E-state index is 0.344. The maximum Gasteiger partial charge on any atom is 0.242 e. The fourth-order valence-electron chi connectivity index (χ4n) is 0.709. The van der Waals surface area contributed by atoms with Gasteiger partial charge in [0.05, 0.1) is 6.54 Å². The summed E-state index contributed by atoms with van der Waals surface area (Å²) < 4.78 is 0. The molecule has 5 heteroatoms. The Bertz CT molecular complexity index is 217. The molecule has 4 N–H and O–H groups in total. The molecule has 0 aliphatic heterocycles. The molecule has 0 amide bonds. The Morgan fingerprint density at radius 1 is 1.64 bits per heavy atom. The number of rotatable bonds is 3. The molecule has 1 aromatic heterocycles. The monoisotopic (exact) mass is 155 g/mol. The van der Waals surface area contributed by atoms with Crippen molar-refractivity contribution in [2.45, 2.75) is 26.4 Å². The molecule has 0 spiro atoms. The molecule has 11 heavy (non-hydrogen) atoms. The van der Waals surface area contributed by atoms with Crippen LogP contribution >= 0.6 is 0 Å². The van der Waals surface area contributed by atoms with Crippen LogP contribution in [0.5, 0.6) is 0 Å². The Morgan fingerprint density at radius 3 is 2.82 bits per heavy atom. The van der Waals surface area contributed by atoms with Gasteiger partial charge in [-0.15, -0.1) is 5.10 Å². The van der Waals surface area contributed by atoms with Gasteiger partial charge >= 0.3 is 0 Å². The van der Waals surface area contributed by atoms with Crippen LogP contribution in [0, 0.1) is 0 Å². The van der Waals surface area contributed by atoms with Gasteiger partial charge in [0.25, 0.3) is 0 Å². The fraction of sp³-hybridized carbons (Fsp3) is 0.667. The molecule has 5 nitrogen and oxygen atoms in total. The largest absolute Gasteiger partial charge is 0.351 e. The molecular weight excluding hydrogens is 142 g/mol. The summed E-state index contributed by atoms with van der Waals surface area (Å²) in [6, 6.07) is 0.344. The minimum absolute atomic E-state index is 0.344. The van der Waals surface area contributed by atoms with Crippen molar-refractivity contribution in [3.63, 3.8) is 0 Å². The third kappa shape index (κ3) is 2.19. The smallest absolute Gasteiger partial charge is 0.242 e. The minimum Gasteiger partial charge on any atom is -0.351 e. The van der Waals surface area contributed by atoms with Gasteiger partial charge in [-0.05, 0) is 13.8 Å². The lowest BCUT2D eigenvalue weighted by molar-refractivity contribution is 0.876. The molecule has 1 rings (SSSR count). The number of nitrogens with one attached hydrogen (secondary N) is 2. The predicted octanol–water partition coefficient (Wildman–Crippen LogP) is 0.0837. The van der Waals surface area contributed by atoms with E-state index < -0.39 is 0 Å². The summed E-state index contributed by atoms with van der Waals surface area (Å²) in [5.41, 5.74) is 5.33. The maximum absolute atomic E-state index is 5.33. The summed E-state index contributed by atoms with van der Waals surface area (Å²) in [5, 5.41) is 9.66. The second-order valence-electron chi connectivity index (χ2n) is 2.61. The molecule has 0 atom stereocenters. The molecule has 0 saturated heterocycles. The molecule has 0 aliphatic rings. The Balaban J connectivity index is 2.58. The molecular formula is C6H13N5. The standard InChI is InChI=1S/C6H13N5/c1-4(2)8-6-9-5(3-7)10-11-6/h4H,3,7H2,1-2H3,(H2,8,9,10,11). The van der Waals surface area contributed by atoms with Gasteiger partial charge in [-0.2, -0.15) is 4.98 Å². The third-order valence-electron chi connectivity index (χ3n) is 1.14. The first kappa shape index (κ1) is 8.00. The molecule has 0 aromatic carbocycles. The van der Waals surface area contributed by atoms with Gasteiger partial charge in [0.2, 0.25) is 5.95 Å². The van der Waals surface area contributed by atoms with E-state index in [2.05, 4.69) is 20.5 Å². The Labute approximate surface area is 65.4 Å². The molecule has 0 saturated carbocycles. The van der Waals surface area contributed by atoms with Gasteiger partial charge in [-0.25, -0.2) is 0 Å².